The summed E-state index contributed by atoms with van der Waals surface area (Å²) < 4.78 is 26.8. The van der Waals surface area contributed by atoms with Crippen molar-refractivity contribution in [1.82, 2.24) is 0 Å². The lowest BCUT2D eigenvalue weighted by Gasteiger charge is -2.20. The molecule has 0 saturated carbocycles. The second kappa shape index (κ2) is 4.10. The third kappa shape index (κ3) is 1.55. The highest BCUT2D eigenvalue weighted by Gasteiger charge is 2.32. The van der Waals surface area contributed by atoms with Gasteiger partial charge in [0.1, 0.15) is 12.8 Å². The molecule has 0 aliphatic carbocycles. The van der Waals surface area contributed by atoms with Crippen molar-refractivity contribution < 1.29 is 18.1 Å². The first-order valence-corrected chi connectivity index (χ1v) is 7.46. The number of furan rings is 1. The quantitative estimate of drug-likeness (QED) is 0.390. The van der Waals surface area contributed by atoms with Gasteiger partial charge in [-0.1, -0.05) is 24.3 Å². The minimum Gasteiger partial charge on any atom is -0.449 e. The van der Waals surface area contributed by atoms with E-state index in [1.54, 1.807) is 6.20 Å². The van der Waals surface area contributed by atoms with Gasteiger partial charge in [-0.15, -0.1) is 0 Å². The molecule has 0 atom stereocenters. The van der Waals surface area contributed by atoms with Gasteiger partial charge in [-0.2, -0.15) is 8.96 Å². The molecule has 23 heavy (non-hydrogen) atoms. The summed E-state index contributed by atoms with van der Waals surface area (Å²) >= 11 is 0. The van der Waals surface area contributed by atoms with Crippen LogP contribution in [-0.2, 0) is 7.05 Å². The Kier molecular flexibility index (Phi) is 2.25. The van der Waals surface area contributed by atoms with E-state index in [1.807, 2.05) is 23.7 Å². The van der Waals surface area contributed by atoms with Crippen LogP contribution in [0.15, 0.2) is 47.0 Å². The highest BCUT2D eigenvalue weighted by molar-refractivity contribution is 6.06. The number of fused-ring (bicyclic) bond motifs is 4. The molecule has 0 radical (unpaired) electrons. The highest BCUT2D eigenvalue weighted by atomic mass is 19.1. The number of benzene rings is 2. The zero-order valence-electron chi connectivity index (χ0n) is 12.7. The summed E-state index contributed by atoms with van der Waals surface area (Å²) in [6.45, 7) is 2.08. The van der Waals surface area contributed by atoms with E-state index in [1.165, 1.54) is 6.07 Å². The summed E-state index contributed by atoms with van der Waals surface area (Å²) in [5.41, 5.74) is 3.71. The molecule has 0 fully saturated rings. The maximum atomic E-state index is 13.6. The molecule has 3 heterocycles. The average molecular weight is 306 g/mol. The zero-order valence-corrected chi connectivity index (χ0v) is 12.7. The number of nitrogens with zero attached hydrogens (tertiary/aromatic N) is 1. The molecule has 0 spiro atoms. The van der Waals surface area contributed by atoms with Crippen LogP contribution >= 0.6 is 0 Å². The number of hydrogen-bond donors (Lipinski definition) is 0. The van der Waals surface area contributed by atoms with Gasteiger partial charge in [-0.3, -0.25) is 0 Å². The van der Waals surface area contributed by atoms with Gasteiger partial charge in [0.15, 0.2) is 0 Å². The zero-order chi connectivity index (χ0) is 15.7. The van der Waals surface area contributed by atoms with Gasteiger partial charge in [0.25, 0.3) is 11.7 Å². The number of ether oxygens (including phenoxy) is 1. The predicted octanol–water partition coefficient (Wildman–Crippen LogP) is 4.63. The minimum absolute atomic E-state index is 0.480. The van der Waals surface area contributed by atoms with Crippen molar-refractivity contribution >= 4 is 21.7 Å². The average Bonchev–Trinajstić information content (AvgIpc) is 2.90. The van der Waals surface area contributed by atoms with E-state index in [9.17, 15) is 4.39 Å². The van der Waals surface area contributed by atoms with Gasteiger partial charge >= 0.3 is 0 Å². The van der Waals surface area contributed by atoms with Crippen LogP contribution in [0.25, 0.3) is 33.0 Å². The van der Waals surface area contributed by atoms with Crippen molar-refractivity contribution in [2.75, 3.05) is 0 Å². The van der Waals surface area contributed by atoms with Crippen molar-refractivity contribution in [3.05, 3.63) is 54.2 Å². The van der Waals surface area contributed by atoms with Gasteiger partial charge in [0.05, 0.1) is 10.9 Å². The van der Waals surface area contributed by atoms with Crippen LogP contribution in [0.3, 0.4) is 0 Å². The molecule has 0 amide bonds. The lowest BCUT2D eigenvalue weighted by molar-refractivity contribution is -0.659. The molecule has 0 unspecified atom stereocenters. The Morgan fingerprint density at radius 1 is 1.13 bits per heavy atom. The topological polar surface area (TPSA) is 26.2 Å². The Bertz CT molecular complexity index is 1130. The molecule has 0 N–H and O–H groups in total. The first-order chi connectivity index (χ1) is 11.1. The molecular formula is C19H13FNO2+. The summed E-state index contributed by atoms with van der Waals surface area (Å²) in [6, 6.07) is 11.0. The highest BCUT2D eigenvalue weighted by Crippen LogP contribution is 2.48. The number of halogens is 1. The van der Waals surface area contributed by atoms with Crippen LogP contribution in [0.5, 0.6) is 11.5 Å². The van der Waals surface area contributed by atoms with Gasteiger partial charge in [0.2, 0.25) is 17.5 Å². The fraction of sp³-hybridized carbons (Fsp3) is 0.105. The van der Waals surface area contributed by atoms with Gasteiger partial charge in [-0.25, -0.2) is 0 Å². The van der Waals surface area contributed by atoms with E-state index in [2.05, 4.69) is 25.1 Å². The SMILES string of the molecule is Cc1ccc2cccc3c2c1-c1c(c2cc(F)oc2c[n+]1C)O3. The molecule has 1 aliphatic rings. The van der Waals surface area contributed by atoms with Gasteiger partial charge in [0, 0.05) is 11.5 Å². The molecule has 112 valence electrons. The Morgan fingerprint density at radius 3 is 2.87 bits per heavy atom. The Morgan fingerprint density at radius 2 is 2.00 bits per heavy atom. The lowest BCUT2D eigenvalue weighted by Crippen LogP contribution is -2.32. The van der Waals surface area contributed by atoms with E-state index in [-0.39, 0.29) is 0 Å². The standard InChI is InChI=1S/C19H13FNO2/c1-10-6-7-11-4-3-5-13-17(11)16(10)18-19(23-13)12-8-15(20)22-14(12)9-21(18)2/h3-9H,1-2H3/q+1. The summed E-state index contributed by atoms with van der Waals surface area (Å²) in [5.74, 6) is 1.44. The molecule has 5 rings (SSSR count). The largest absolute Gasteiger partial charge is 0.449 e. The van der Waals surface area contributed by atoms with Crippen molar-refractivity contribution in [1.29, 1.82) is 0 Å². The maximum Gasteiger partial charge on any atom is 0.279 e. The van der Waals surface area contributed by atoms with Crippen molar-refractivity contribution in [3.63, 3.8) is 0 Å². The Labute approximate surface area is 131 Å². The van der Waals surface area contributed by atoms with E-state index >= 15 is 0 Å². The molecule has 4 heteroatoms. The van der Waals surface area contributed by atoms with Crippen LogP contribution in [0.2, 0.25) is 0 Å². The third-order valence-corrected chi connectivity index (χ3v) is 4.52. The van der Waals surface area contributed by atoms with Crippen LogP contribution < -0.4 is 9.30 Å². The third-order valence-electron chi connectivity index (χ3n) is 4.52. The molecule has 2 aromatic heterocycles. The van der Waals surface area contributed by atoms with Crippen LogP contribution in [0, 0.1) is 12.9 Å². The smallest absolute Gasteiger partial charge is 0.279 e. The number of pyridine rings is 1. The van der Waals surface area contributed by atoms with Crippen molar-refractivity contribution in [3.8, 4) is 22.8 Å². The molecule has 4 aromatic rings. The molecule has 3 nitrogen and oxygen atoms in total. The van der Waals surface area contributed by atoms with Crippen LogP contribution in [0.1, 0.15) is 5.56 Å². The van der Waals surface area contributed by atoms with E-state index in [0.29, 0.717) is 16.7 Å². The summed E-state index contributed by atoms with van der Waals surface area (Å²) in [6.07, 6.45) is 1.80. The maximum absolute atomic E-state index is 13.6. The van der Waals surface area contributed by atoms with Gasteiger partial charge in [-0.05, 0) is 23.9 Å². The fourth-order valence-electron chi connectivity index (χ4n) is 3.52. The number of aryl methyl sites for hydroxylation is 2. The van der Waals surface area contributed by atoms with Crippen molar-refractivity contribution in [2.24, 2.45) is 7.05 Å². The number of hydrogen-bond acceptors (Lipinski definition) is 2. The summed E-state index contributed by atoms with van der Waals surface area (Å²) in [4.78, 5) is 0. The van der Waals surface area contributed by atoms with Crippen molar-refractivity contribution in [2.45, 2.75) is 6.92 Å². The first-order valence-electron chi connectivity index (χ1n) is 7.46. The summed E-state index contributed by atoms with van der Waals surface area (Å²) in [5, 5.41) is 2.88. The predicted molar refractivity (Wildman–Crippen MR) is 85.1 cm³/mol. The molecule has 2 aromatic carbocycles. The number of rotatable bonds is 0. The van der Waals surface area contributed by atoms with E-state index in [4.69, 9.17) is 9.15 Å². The fourth-order valence-corrected chi connectivity index (χ4v) is 3.52. The number of aromatic nitrogens is 1. The normalized spacial score (nSPS) is 12.5. The Balaban J connectivity index is 2.03. The molecule has 0 saturated heterocycles. The second-order valence-corrected chi connectivity index (χ2v) is 5.96. The molecule has 1 aliphatic heterocycles. The minimum atomic E-state index is -0.606. The first kappa shape index (κ1) is 12.6. The van der Waals surface area contributed by atoms with Crippen LogP contribution in [-0.4, -0.2) is 0 Å². The molecule has 0 bridgehead atoms. The van der Waals surface area contributed by atoms with Gasteiger partial charge < -0.3 is 9.15 Å². The second-order valence-electron chi connectivity index (χ2n) is 5.96. The lowest BCUT2D eigenvalue weighted by atomic mass is 9.93. The van der Waals surface area contributed by atoms with Crippen LogP contribution in [0.4, 0.5) is 4.39 Å². The van der Waals surface area contributed by atoms with E-state index < -0.39 is 6.01 Å². The summed E-state index contributed by atoms with van der Waals surface area (Å²) in [7, 11) is 1.92. The Hall–Kier alpha value is -2.88. The monoisotopic (exact) mass is 306 g/mol. The van der Waals surface area contributed by atoms with E-state index in [0.717, 1.165) is 33.3 Å². The molecular weight excluding hydrogens is 293 g/mol.